The molecule has 0 amide bonds. The van der Waals surface area contributed by atoms with Gasteiger partial charge in [-0.15, -0.1) is 0 Å². The quantitative estimate of drug-likeness (QED) is 0.576. The molecule has 0 radical (unpaired) electrons. The van der Waals surface area contributed by atoms with Crippen LogP contribution in [0.3, 0.4) is 0 Å². The van der Waals surface area contributed by atoms with Crippen LogP contribution in [-0.2, 0) is 4.79 Å². The molecule has 18 heavy (non-hydrogen) atoms. The third kappa shape index (κ3) is 9.23. The molecule has 0 spiro atoms. The van der Waals surface area contributed by atoms with Crippen molar-refractivity contribution in [2.24, 2.45) is 5.73 Å². The van der Waals surface area contributed by atoms with E-state index in [4.69, 9.17) is 21.1 Å². The Bertz CT molecular complexity index is 383. The number of aromatic hydroxyl groups is 1. The fourth-order valence-corrected chi connectivity index (χ4v) is 0.908. The van der Waals surface area contributed by atoms with Crippen molar-refractivity contribution in [3.05, 3.63) is 29.8 Å². The minimum absolute atomic E-state index is 0. The summed E-state index contributed by atoms with van der Waals surface area (Å²) in [5, 5.41) is 25.3. The van der Waals surface area contributed by atoms with Gasteiger partial charge in [-0.25, -0.2) is 4.79 Å². The van der Waals surface area contributed by atoms with Gasteiger partial charge in [0.1, 0.15) is 11.3 Å². The van der Waals surface area contributed by atoms with Crippen molar-refractivity contribution in [3.63, 3.8) is 0 Å². The van der Waals surface area contributed by atoms with Gasteiger partial charge in [-0.3, -0.25) is 4.79 Å². The first kappa shape index (κ1) is 19.5. The van der Waals surface area contributed by atoms with Crippen LogP contribution in [-0.4, -0.2) is 71.5 Å². The van der Waals surface area contributed by atoms with Gasteiger partial charge in [0.2, 0.25) is 0 Å². The number of aromatic carboxylic acids is 1. The van der Waals surface area contributed by atoms with Crippen molar-refractivity contribution >= 4 is 49.7 Å². The summed E-state index contributed by atoms with van der Waals surface area (Å²) >= 11 is 0. The summed E-state index contributed by atoms with van der Waals surface area (Å²) in [6.07, 6.45) is 0.770. The minimum atomic E-state index is -1.11. The molecule has 1 aromatic carbocycles. The van der Waals surface area contributed by atoms with E-state index >= 15 is 0 Å². The Kier molecular flexibility index (Phi) is 12.2. The third-order valence-corrected chi connectivity index (χ3v) is 1.73. The Balaban J connectivity index is 0. The number of nitrogens with two attached hydrogens (primary N) is 1. The number of carboxylic acids is 2. The average Bonchev–Trinajstić information content (AvgIpc) is 2.27. The Morgan fingerprint density at radius 1 is 1.17 bits per heavy atom. The van der Waals surface area contributed by atoms with Gasteiger partial charge in [0, 0.05) is 6.42 Å². The predicted octanol–water partition coefficient (Wildman–Crippen LogP) is -0.0159. The zero-order valence-electron chi connectivity index (χ0n) is 9.17. The molecule has 0 saturated carbocycles. The van der Waals surface area contributed by atoms with Crippen LogP contribution in [0, 0.1) is 0 Å². The molecule has 0 unspecified atom stereocenters. The summed E-state index contributed by atoms with van der Waals surface area (Å²) in [7, 11) is 0. The van der Waals surface area contributed by atoms with Gasteiger partial charge in [-0.05, 0) is 25.1 Å². The van der Waals surface area contributed by atoms with Crippen molar-refractivity contribution in [1.29, 1.82) is 0 Å². The van der Waals surface area contributed by atoms with Crippen molar-refractivity contribution in [2.45, 2.75) is 12.8 Å². The summed E-state index contributed by atoms with van der Waals surface area (Å²) in [6.45, 7) is 0.465. The molecule has 0 aromatic heterocycles. The Hall–Kier alpha value is -0.820. The second kappa shape index (κ2) is 11.3. The first-order valence-corrected chi connectivity index (χ1v) is 4.92. The number of carboxylic acid groups (broad SMARTS) is 2. The van der Waals surface area contributed by atoms with Gasteiger partial charge in [0.25, 0.3) is 0 Å². The number of rotatable bonds is 4. The zero-order chi connectivity index (χ0) is 13.3. The van der Waals surface area contributed by atoms with E-state index in [0.717, 1.165) is 0 Å². The van der Waals surface area contributed by atoms with E-state index in [1.165, 1.54) is 12.1 Å². The molecule has 0 bridgehead atoms. The predicted molar refractivity (Wildman–Crippen MR) is 69.5 cm³/mol. The van der Waals surface area contributed by atoms with Gasteiger partial charge < -0.3 is 21.1 Å². The van der Waals surface area contributed by atoms with E-state index < -0.39 is 11.9 Å². The number of aliphatic carboxylic acids is 1. The summed E-state index contributed by atoms with van der Waals surface area (Å²) < 4.78 is 0. The Morgan fingerprint density at radius 3 is 2.00 bits per heavy atom. The van der Waals surface area contributed by atoms with Gasteiger partial charge in [0.15, 0.2) is 0 Å². The number of benzene rings is 1. The van der Waals surface area contributed by atoms with Gasteiger partial charge in [0.05, 0.1) is 0 Å². The molecule has 0 heterocycles. The number of hydrogen-bond acceptors (Lipinski definition) is 4. The van der Waals surface area contributed by atoms with Crippen molar-refractivity contribution in [2.75, 3.05) is 6.54 Å². The van der Waals surface area contributed by atoms with Crippen LogP contribution in [0.4, 0.5) is 0 Å². The van der Waals surface area contributed by atoms with Crippen LogP contribution in [0.25, 0.3) is 0 Å². The molecule has 5 N–H and O–H groups in total. The SMILES string of the molecule is NCCCC(=O)O.O=C(O)c1ccccc1O.[CaH2]. The fraction of sp³-hybridized carbons (Fsp3) is 0.273. The molecule has 0 aliphatic heterocycles. The Morgan fingerprint density at radius 2 is 1.72 bits per heavy atom. The summed E-state index contributed by atoms with van der Waals surface area (Å²) in [4.78, 5) is 20.0. The molecule has 0 saturated heterocycles. The third-order valence-electron chi connectivity index (χ3n) is 1.73. The van der Waals surface area contributed by atoms with Crippen LogP contribution in [0.5, 0.6) is 5.75 Å². The van der Waals surface area contributed by atoms with Crippen LogP contribution in [0.1, 0.15) is 23.2 Å². The monoisotopic (exact) mass is 283 g/mol. The van der Waals surface area contributed by atoms with E-state index in [-0.39, 0.29) is 55.5 Å². The summed E-state index contributed by atoms with van der Waals surface area (Å²) in [5.74, 6) is -2.08. The second-order valence-corrected chi connectivity index (χ2v) is 3.11. The molecular weight excluding hydrogens is 266 g/mol. The number of phenols is 1. The average molecular weight is 283 g/mol. The van der Waals surface area contributed by atoms with Crippen LogP contribution in [0.2, 0.25) is 0 Å². The van der Waals surface area contributed by atoms with Crippen LogP contribution in [0.15, 0.2) is 24.3 Å². The molecule has 0 atom stereocenters. The normalized spacial score (nSPS) is 8.50. The number of para-hydroxylation sites is 1. The molecule has 6 nitrogen and oxygen atoms in total. The van der Waals surface area contributed by atoms with E-state index in [0.29, 0.717) is 13.0 Å². The molecule has 1 aromatic rings. The molecule has 0 fully saturated rings. The van der Waals surface area contributed by atoms with E-state index in [1.807, 2.05) is 0 Å². The van der Waals surface area contributed by atoms with E-state index in [1.54, 1.807) is 12.1 Å². The molecule has 0 aliphatic carbocycles. The van der Waals surface area contributed by atoms with Gasteiger partial charge in [-0.2, -0.15) is 0 Å². The maximum atomic E-state index is 10.3. The van der Waals surface area contributed by atoms with Gasteiger partial charge >= 0.3 is 49.7 Å². The van der Waals surface area contributed by atoms with Crippen molar-refractivity contribution in [1.82, 2.24) is 0 Å². The Labute approximate surface area is 134 Å². The fourth-order valence-electron chi connectivity index (χ4n) is 0.908. The first-order valence-electron chi connectivity index (χ1n) is 4.92. The molecule has 1 rings (SSSR count). The summed E-state index contributed by atoms with van der Waals surface area (Å²) in [6, 6.07) is 5.81. The zero-order valence-corrected chi connectivity index (χ0v) is 9.17. The number of hydrogen-bond donors (Lipinski definition) is 4. The van der Waals surface area contributed by atoms with Crippen LogP contribution < -0.4 is 5.73 Å². The maximum absolute atomic E-state index is 10.3. The van der Waals surface area contributed by atoms with E-state index in [9.17, 15) is 9.59 Å². The van der Waals surface area contributed by atoms with E-state index in [2.05, 4.69) is 0 Å². The topological polar surface area (TPSA) is 121 Å². The number of carbonyl (C=O) groups is 2. The molecule has 98 valence electrons. The molecular formula is C11H17CaNO5. The van der Waals surface area contributed by atoms with Crippen molar-refractivity contribution in [3.8, 4) is 5.75 Å². The van der Waals surface area contributed by atoms with Crippen molar-refractivity contribution < 1.29 is 24.9 Å². The molecule has 7 heteroatoms. The standard InChI is InChI=1S/C7H6O3.C4H9NO2.Ca.2H/c8-6-4-2-1-3-5(6)7(9)10;5-3-1-2-4(6)7;;;/h1-4,8H,(H,9,10);1-3,5H2,(H,6,7);;;. The summed E-state index contributed by atoms with van der Waals surface area (Å²) in [5.41, 5.74) is 4.95. The van der Waals surface area contributed by atoms with Crippen LogP contribution >= 0.6 is 0 Å². The first-order chi connectivity index (χ1) is 7.99. The van der Waals surface area contributed by atoms with Gasteiger partial charge in [-0.1, -0.05) is 12.1 Å². The molecule has 0 aliphatic rings. The second-order valence-electron chi connectivity index (χ2n) is 3.11.